The number of aromatic nitrogens is 2. The van der Waals surface area contributed by atoms with Crippen molar-refractivity contribution in [2.75, 3.05) is 24.5 Å². The molecule has 0 spiro atoms. The largest absolute Gasteiger partial charge is 0.366 e. The van der Waals surface area contributed by atoms with E-state index >= 15 is 0 Å². The fraction of sp³-hybridized carbons (Fsp3) is 0.733. The Labute approximate surface area is 130 Å². The highest BCUT2D eigenvalue weighted by Gasteiger charge is 2.26. The van der Waals surface area contributed by atoms with Crippen LogP contribution in [0.25, 0.3) is 0 Å². The Morgan fingerprint density at radius 2 is 1.95 bits per heavy atom. The molecule has 1 aliphatic heterocycles. The van der Waals surface area contributed by atoms with Gasteiger partial charge in [0.05, 0.1) is 11.2 Å². The molecular weight excluding hydrogens is 288 g/mol. The SMILES string of the molecule is NCCC1CCN(c2c(Cl)cnn(CC3CC3)c2=O)CC1. The molecule has 1 aliphatic carbocycles. The van der Waals surface area contributed by atoms with E-state index in [4.69, 9.17) is 17.3 Å². The highest BCUT2D eigenvalue weighted by molar-refractivity contribution is 6.33. The van der Waals surface area contributed by atoms with E-state index in [-0.39, 0.29) is 5.56 Å². The third-order valence-electron chi connectivity index (χ3n) is 4.61. The summed E-state index contributed by atoms with van der Waals surface area (Å²) in [5.41, 5.74) is 6.23. The quantitative estimate of drug-likeness (QED) is 0.902. The second kappa shape index (κ2) is 6.36. The van der Waals surface area contributed by atoms with Crippen LogP contribution in [0.5, 0.6) is 0 Å². The van der Waals surface area contributed by atoms with Gasteiger partial charge in [-0.3, -0.25) is 4.79 Å². The topological polar surface area (TPSA) is 64.2 Å². The molecule has 2 aliphatic rings. The minimum Gasteiger partial charge on any atom is -0.366 e. The molecule has 6 heteroatoms. The lowest BCUT2D eigenvalue weighted by Gasteiger charge is -2.33. The molecule has 3 rings (SSSR count). The molecule has 0 radical (unpaired) electrons. The van der Waals surface area contributed by atoms with Gasteiger partial charge in [0.2, 0.25) is 0 Å². The summed E-state index contributed by atoms with van der Waals surface area (Å²) in [7, 11) is 0. The Bertz CT molecular complexity index is 547. The van der Waals surface area contributed by atoms with Crippen molar-refractivity contribution in [2.24, 2.45) is 17.6 Å². The minimum absolute atomic E-state index is 0.0355. The van der Waals surface area contributed by atoms with Crippen LogP contribution < -0.4 is 16.2 Å². The first-order valence-electron chi connectivity index (χ1n) is 7.89. The van der Waals surface area contributed by atoms with E-state index in [9.17, 15) is 4.79 Å². The third kappa shape index (κ3) is 3.40. The molecule has 1 aromatic heterocycles. The summed E-state index contributed by atoms with van der Waals surface area (Å²) in [6.45, 7) is 3.24. The van der Waals surface area contributed by atoms with E-state index in [1.165, 1.54) is 12.8 Å². The van der Waals surface area contributed by atoms with Gasteiger partial charge in [-0.15, -0.1) is 0 Å². The highest BCUT2D eigenvalue weighted by Crippen LogP contribution is 2.31. The van der Waals surface area contributed by atoms with Gasteiger partial charge < -0.3 is 10.6 Å². The Morgan fingerprint density at radius 3 is 2.57 bits per heavy atom. The number of hydrogen-bond donors (Lipinski definition) is 1. The Morgan fingerprint density at radius 1 is 1.24 bits per heavy atom. The van der Waals surface area contributed by atoms with Crippen molar-refractivity contribution >= 4 is 17.3 Å². The molecule has 116 valence electrons. The van der Waals surface area contributed by atoms with Crippen LogP contribution in [-0.2, 0) is 6.54 Å². The van der Waals surface area contributed by atoms with Crippen molar-refractivity contribution in [2.45, 2.75) is 38.6 Å². The minimum atomic E-state index is -0.0355. The van der Waals surface area contributed by atoms with E-state index in [0.717, 1.165) is 45.4 Å². The molecule has 0 unspecified atom stereocenters. The number of hydrogen-bond acceptors (Lipinski definition) is 4. The summed E-state index contributed by atoms with van der Waals surface area (Å²) in [6.07, 6.45) is 7.26. The normalized spacial score (nSPS) is 20.0. The summed E-state index contributed by atoms with van der Waals surface area (Å²) in [5.74, 6) is 1.31. The molecular formula is C15H23ClN4O. The average molecular weight is 311 g/mol. The lowest BCUT2D eigenvalue weighted by atomic mass is 9.93. The molecule has 21 heavy (non-hydrogen) atoms. The fourth-order valence-corrected chi connectivity index (χ4v) is 3.34. The van der Waals surface area contributed by atoms with Crippen molar-refractivity contribution in [1.82, 2.24) is 9.78 Å². The van der Waals surface area contributed by atoms with Gasteiger partial charge in [-0.2, -0.15) is 5.10 Å². The zero-order chi connectivity index (χ0) is 14.8. The maximum absolute atomic E-state index is 12.6. The molecule has 0 atom stereocenters. The number of anilines is 1. The van der Waals surface area contributed by atoms with Gasteiger partial charge in [-0.05, 0) is 50.5 Å². The molecule has 1 saturated heterocycles. The van der Waals surface area contributed by atoms with Crippen LogP contribution in [0.3, 0.4) is 0 Å². The molecule has 2 N–H and O–H groups in total. The lowest BCUT2D eigenvalue weighted by molar-refractivity contribution is 0.385. The Balaban J connectivity index is 1.76. The van der Waals surface area contributed by atoms with Crippen molar-refractivity contribution < 1.29 is 0 Å². The molecule has 5 nitrogen and oxygen atoms in total. The predicted molar refractivity (Wildman–Crippen MR) is 84.8 cm³/mol. The zero-order valence-corrected chi connectivity index (χ0v) is 13.1. The molecule has 0 amide bonds. The van der Waals surface area contributed by atoms with Gasteiger partial charge >= 0.3 is 0 Å². The number of rotatable bonds is 5. The van der Waals surface area contributed by atoms with Crippen LogP contribution in [0.1, 0.15) is 32.1 Å². The first-order valence-corrected chi connectivity index (χ1v) is 8.27. The number of piperidine rings is 1. The van der Waals surface area contributed by atoms with E-state index in [0.29, 0.717) is 22.5 Å². The Hall–Kier alpha value is -1.07. The number of halogens is 1. The van der Waals surface area contributed by atoms with Gasteiger partial charge in [-0.1, -0.05) is 11.6 Å². The van der Waals surface area contributed by atoms with Crippen LogP contribution in [0.2, 0.25) is 5.02 Å². The smallest absolute Gasteiger partial charge is 0.291 e. The summed E-state index contributed by atoms with van der Waals surface area (Å²) >= 11 is 6.25. The Kier molecular flexibility index (Phi) is 4.50. The number of nitrogens with two attached hydrogens (primary N) is 1. The summed E-state index contributed by atoms with van der Waals surface area (Å²) in [4.78, 5) is 14.7. The van der Waals surface area contributed by atoms with Crippen LogP contribution >= 0.6 is 11.6 Å². The molecule has 0 aromatic carbocycles. The molecule has 2 fully saturated rings. The average Bonchev–Trinajstić information content (AvgIpc) is 3.28. The van der Waals surface area contributed by atoms with Gasteiger partial charge in [0, 0.05) is 19.6 Å². The van der Waals surface area contributed by atoms with Crippen molar-refractivity contribution in [1.29, 1.82) is 0 Å². The second-order valence-electron chi connectivity index (χ2n) is 6.28. The van der Waals surface area contributed by atoms with Crippen LogP contribution in [-0.4, -0.2) is 29.4 Å². The van der Waals surface area contributed by atoms with Gasteiger partial charge in [0.25, 0.3) is 5.56 Å². The van der Waals surface area contributed by atoms with Gasteiger partial charge in [0.1, 0.15) is 5.69 Å². The van der Waals surface area contributed by atoms with Crippen LogP contribution in [0.15, 0.2) is 11.0 Å². The lowest BCUT2D eigenvalue weighted by Crippen LogP contribution is -2.39. The summed E-state index contributed by atoms with van der Waals surface area (Å²) in [6, 6.07) is 0. The molecule has 0 bridgehead atoms. The summed E-state index contributed by atoms with van der Waals surface area (Å²) < 4.78 is 1.59. The van der Waals surface area contributed by atoms with E-state index in [1.807, 2.05) is 0 Å². The standard InChI is InChI=1S/C15H23ClN4O/c16-13-9-18-20(10-12-1-2-12)15(21)14(13)19-7-4-11(3-6-17)5-8-19/h9,11-12H,1-8,10,17H2. The van der Waals surface area contributed by atoms with Crippen molar-refractivity contribution in [3.05, 3.63) is 21.6 Å². The highest BCUT2D eigenvalue weighted by atomic mass is 35.5. The van der Waals surface area contributed by atoms with Crippen molar-refractivity contribution in [3.8, 4) is 0 Å². The molecule has 1 saturated carbocycles. The monoisotopic (exact) mass is 310 g/mol. The molecule has 2 heterocycles. The van der Waals surface area contributed by atoms with E-state index in [1.54, 1.807) is 10.9 Å². The maximum Gasteiger partial charge on any atom is 0.291 e. The maximum atomic E-state index is 12.6. The van der Waals surface area contributed by atoms with Gasteiger partial charge in [-0.25, -0.2) is 4.68 Å². The first-order chi connectivity index (χ1) is 10.2. The molecule has 1 aromatic rings. The second-order valence-corrected chi connectivity index (χ2v) is 6.69. The van der Waals surface area contributed by atoms with E-state index < -0.39 is 0 Å². The van der Waals surface area contributed by atoms with Crippen LogP contribution in [0.4, 0.5) is 5.69 Å². The fourth-order valence-electron chi connectivity index (χ4n) is 3.10. The van der Waals surface area contributed by atoms with Crippen molar-refractivity contribution in [3.63, 3.8) is 0 Å². The zero-order valence-electron chi connectivity index (χ0n) is 12.3. The van der Waals surface area contributed by atoms with E-state index in [2.05, 4.69) is 10.00 Å². The third-order valence-corrected chi connectivity index (χ3v) is 4.88. The first kappa shape index (κ1) is 14.9. The van der Waals surface area contributed by atoms with Gasteiger partial charge in [0.15, 0.2) is 0 Å². The number of nitrogens with zero attached hydrogens (tertiary/aromatic N) is 3. The summed E-state index contributed by atoms with van der Waals surface area (Å²) in [5, 5.41) is 4.66. The predicted octanol–water partition coefficient (Wildman–Crippen LogP) is 1.87. The van der Waals surface area contributed by atoms with Crippen LogP contribution in [0, 0.1) is 11.8 Å².